The SMILES string of the molecule is CCCCc1cccn1-c1ccc(Cl)cc1C(C)c1cccc(OC)c1OC. The monoisotopic (exact) mass is 397 g/mol. The zero-order valence-corrected chi connectivity index (χ0v) is 17.8. The Bertz CT molecular complexity index is 932. The van der Waals surface area contributed by atoms with Crippen LogP contribution in [-0.4, -0.2) is 18.8 Å². The number of halogens is 1. The summed E-state index contributed by atoms with van der Waals surface area (Å²) in [6.45, 7) is 4.40. The number of aryl methyl sites for hydroxylation is 1. The van der Waals surface area contributed by atoms with Crippen molar-refractivity contribution < 1.29 is 9.47 Å². The van der Waals surface area contributed by atoms with Crippen LogP contribution in [0.15, 0.2) is 54.7 Å². The molecule has 0 aliphatic rings. The molecule has 3 nitrogen and oxygen atoms in total. The van der Waals surface area contributed by atoms with E-state index in [4.69, 9.17) is 21.1 Å². The maximum Gasteiger partial charge on any atom is 0.164 e. The fourth-order valence-corrected chi connectivity index (χ4v) is 3.91. The molecular formula is C24H28ClNO2. The largest absolute Gasteiger partial charge is 0.493 e. The molecule has 0 saturated carbocycles. The van der Waals surface area contributed by atoms with Crippen LogP contribution in [0.4, 0.5) is 0 Å². The second-order valence-electron chi connectivity index (χ2n) is 6.98. The van der Waals surface area contributed by atoms with Crippen molar-refractivity contribution in [2.24, 2.45) is 0 Å². The van der Waals surface area contributed by atoms with Gasteiger partial charge in [-0.2, -0.15) is 0 Å². The van der Waals surface area contributed by atoms with Gasteiger partial charge in [0.2, 0.25) is 0 Å². The van der Waals surface area contributed by atoms with E-state index in [0.29, 0.717) is 0 Å². The summed E-state index contributed by atoms with van der Waals surface area (Å²) in [5.74, 6) is 1.59. The van der Waals surface area contributed by atoms with Crippen molar-refractivity contribution in [3.63, 3.8) is 0 Å². The summed E-state index contributed by atoms with van der Waals surface area (Å²) in [4.78, 5) is 0. The van der Waals surface area contributed by atoms with E-state index in [2.05, 4.69) is 54.9 Å². The number of para-hydroxylation sites is 1. The van der Waals surface area contributed by atoms with E-state index < -0.39 is 0 Å². The third kappa shape index (κ3) is 4.05. The average Bonchev–Trinajstić information content (AvgIpc) is 3.19. The maximum absolute atomic E-state index is 6.40. The van der Waals surface area contributed by atoms with Crippen molar-refractivity contribution in [2.45, 2.75) is 39.0 Å². The van der Waals surface area contributed by atoms with E-state index in [1.165, 1.54) is 18.5 Å². The summed E-state index contributed by atoms with van der Waals surface area (Å²) in [7, 11) is 3.35. The van der Waals surface area contributed by atoms with Crippen molar-refractivity contribution in [1.29, 1.82) is 0 Å². The van der Waals surface area contributed by atoms with Gasteiger partial charge in [0.1, 0.15) is 0 Å². The van der Waals surface area contributed by atoms with Gasteiger partial charge in [-0.15, -0.1) is 0 Å². The topological polar surface area (TPSA) is 23.4 Å². The molecule has 0 radical (unpaired) electrons. The number of unbranched alkanes of at least 4 members (excludes halogenated alkanes) is 1. The lowest BCUT2D eigenvalue weighted by atomic mass is 9.90. The Hall–Kier alpha value is -2.39. The molecule has 2 aromatic carbocycles. The molecule has 1 aromatic heterocycles. The fourth-order valence-electron chi connectivity index (χ4n) is 3.72. The Morgan fingerprint density at radius 1 is 1.00 bits per heavy atom. The molecule has 0 spiro atoms. The minimum absolute atomic E-state index is 0.0835. The van der Waals surface area contributed by atoms with Crippen molar-refractivity contribution in [3.05, 3.63) is 76.6 Å². The van der Waals surface area contributed by atoms with E-state index in [9.17, 15) is 0 Å². The molecule has 0 amide bonds. The number of benzene rings is 2. The minimum atomic E-state index is 0.0835. The zero-order chi connectivity index (χ0) is 20.1. The van der Waals surface area contributed by atoms with Gasteiger partial charge in [0.25, 0.3) is 0 Å². The number of ether oxygens (including phenoxy) is 2. The lowest BCUT2D eigenvalue weighted by molar-refractivity contribution is 0.351. The van der Waals surface area contributed by atoms with Crippen LogP contribution in [0.1, 0.15) is 49.4 Å². The molecule has 28 heavy (non-hydrogen) atoms. The van der Waals surface area contributed by atoms with Crippen LogP contribution in [0.2, 0.25) is 5.02 Å². The quantitative estimate of drug-likeness (QED) is 0.425. The molecule has 0 aliphatic heterocycles. The second-order valence-corrected chi connectivity index (χ2v) is 7.42. The highest BCUT2D eigenvalue weighted by Gasteiger charge is 2.21. The minimum Gasteiger partial charge on any atom is -0.493 e. The molecule has 0 aliphatic carbocycles. The van der Waals surface area contributed by atoms with Gasteiger partial charge in [-0.3, -0.25) is 0 Å². The van der Waals surface area contributed by atoms with Crippen molar-refractivity contribution in [3.8, 4) is 17.2 Å². The van der Waals surface area contributed by atoms with Gasteiger partial charge >= 0.3 is 0 Å². The summed E-state index contributed by atoms with van der Waals surface area (Å²) in [5.41, 5.74) is 4.70. The molecule has 4 heteroatoms. The molecule has 0 fully saturated rings. The smallest absolute Gasteiger partial charge is 0.164 e. The molecule has 1 atom stereocenters. The third-order valence-electron chi connectivity index (χ3n) is 5.24. The lowest BCUT2D eigenvalue weighted by Crippen LogP contribution is -2.08. The number of aromatic nitrogens is 1. The lowest BCUT2D eigenvalue weighted by Gasteiger charge is -2.22. The van der Waals surface area contributed by atoms with Gasteiger partial charge in [0.15, 0.2) is 11.5 Å². The van der Waals surface area contributed by atoms with Crippen LogP contribution in [-0.2, 0) is 6.42 Å². The first kappa shape index (κ1) is 20.3. The van der Waals surface area contributed by atoms with Crippen molar-refractivity contribution >= 4 is 11.6 Å². The van der Waals surface area contributed by atoms with Crippen LogP contribution in [0, 0.1) is 0 Å². The van der Waals surface area contributed by atoms with Crippen LogP contribution >= 0.6 is 11.6 Å². The summed E-state index contributed by atoms with van der Waals surface area (Å²) < 4.78 is 13.5. The molecule has 3 aromatic rings. The summed E-state index contributed by atoms with van der Waals surface area (Å²) in [6, 6.07) is 16.4. The van der Waals surface area contributed by atoms with Gasteiger partial charge in [0, 0.05) is 34.1 Å². The molecule has 0 bridgehead atoms. The number of hydrogen-bond donors (Lipinski definition) is 0. The van der Waals surface area contributed by atoms with E-state index in [1.807, 2.05) is 18.2 Å². The molecule has 148 valence electrons. The molecule has 0 saturated heterocycles. The summed E-state index contributed by atoms with van der Waals surface area (Å²) >= 11 is 6.40. The molecule has 0 N–H and O–H groups in total. The second kappa shape index (κ2) is 9.20. The molecule has 1 heterocycles. The number of nitrogens with zero attached hydrogens (tertiary/aromatic N) is 1. The maximum atomic E-state index is 6.40. The van der Waals surface area contributed by atoms with Gasteiger partial charge in [0.05, 0.1) is 14.2 Å². The number of hydrogen-bond acceptors (Lipinski definition) is 2. The Morgan fingerprint density at radius 2 is 1.82 bits per heavy atom. The fraction of sp³-hybridized carbons (Fsp3) is 0.333. The molecular weight excluding hydrogens is 370 g/mol. The first-order valence-corrected chi connectivity index (χ1v) is 10.1. The summed E-state index contributed by atoms with van der Waals surface area (Å²) in [6.07, 6.45) is 5.54. The van der Waals surface area contributed by atoms with Gasteiger partial charge < -0.3 is 14.0 Å². The number of methoxy groups -OCH3 is 2. The van der Waals surface area contributed by atoms with Gasteiger partial charge in [-0.1, -0.05) is 44.0 Å². The van der Waals surface area contributed by atoms with Crippen LogP contribution in [0.25, 0.3) is 5.69 Å². The normalized spacial score (nSPS) is 12.0. The van der Waals surface area contributed by atoms with Crippen molar-refractivity contribution in [2.75, 3.05) is 14.2 Å². The highest BCUT2D eigenvalue weighted by Crippen LogP contribution is 2.40. The average molecular weight is 398 g/mol. The van der Waals surface area contributed by atoms with Gasteiger partial charge in [-0.05, 0) is 54.8 Å². The Balaban J connectivity index is 2.11. The van der Waals surface area contributed by atoms with Crippen LogP contribution < -0.4 is 9.47 Å². The van der Waals surface area contributed by atoms with E-state index in [1.54, 1.807) is 14.2 Å². The number of rotatable bonds is 8. The predicted octanol–water partition coefficient (Wildman–Crippen LogP) is 6.64. The summed E-state index contributed by atoms with van der Waals surface area (Å²) in [5, 5.41) is 0.731. The predicted molar refractivity (Wildman–Crippen MR) is 116 cm³/mol. The van der Waals surface area contributed by atoms with E-state index in [0.717, 1.165) is 39.8 Å². The zero-order valence-electron chi connectivity index (χ0n) is 17.0. The van der Waals surface area contributed by atoms with Crippen molar-refractivity contribution in [1.82, 2.24) is 4.57 Å². The van der Waals surface area contributed by atoms with Gasteiger partial charge in [-0.25, -0.2) is 0 Å². The standard InChI is InChI=1S/C24H28ClNO2/c1-5-6-9-19-10-8-15-26(19)22-14-13-18(25)16-21(22)17(2)20-11-7-12-23(27-3)24(20)28-4/h7-8,10-17H,5-6,9H2,1-4H3. The Labute approximate surface area is 172 Å². The molecule has 3 rings (SSSR count). The first-order chi connectivity index (χ1) is 13.6. The van der Waals surface area contributed by atoms with E-state index in [-0.39, 0.29) is 5.92 Å². The third-order valence-corrected chi connectivity index (χ3v) is 5.47. The Morgan fingerprint density at radius 3 is 2.54 bits per heavy atom. The van der Waals surface area contributed by atoms with Crippen LogP contribution in [0.5, 0.6) is 11.5 Å². The first-order valence-electron chi connectivity index (χ1n) is 9.77. The Kier molecular flexibility index (Phi) is 6.69. The highest BCUT2D eigenvalue weighted by atomic mass is 35.5. The van der Waals surface area contributed by atoms with Crippen LogP contribution in [0.3, 0.4) is 0 Å². The molecule has 1 unspecified atom stereocenters. The van der Waals surface area contributed by atoms with E-state index >= 15 is 0 Å². The highest BCUT2D eigenvalue weighted by molar-refractivity contribution is 6.30.